The Balaban J connectivity index is 1.96. The van der Waals surface area contributed by atoms with Crippen molar-refractivity contribution in [2.45, 2.75) is 39.3 Å². The normalized spacial score (nSPS) is 12.9. The van der Waals surface area contributed by atoms with Gasteiger partial charge in [-0.25, -0.2) is 9.97 Å². The van der Waals surface area contributed by atoms with Crippen LogP contribution in [0.1, 0.15) is 35.8 Å². The van der Waals surface area contributed by atoms with Crippen molar-refractivity contribution >= 4 is 22.4 Å². The Bertz CT molecular complexity index is 744. The van der Waals surface area contributed by atoms with E-state index in [1.807, 2.05) is 18.5 Å². The summed E-state index contributed by atoms with van der Waals surface area (Å²) in [5.41, 5.74) is 11.5. The van der Waals surface area contributed by atoms with Crippen molar-refractivity contribution in [2.75, 3.05) is 0 Å². The molecular weight excluding hydrogens is 280 g/mol. The second-order valence-corrected chi connectivity index (χ2v) is 6.17. The highest BCUT2D eigenvalue weighted by molar-refractivity contribution is 7.09. The van der Waals surface area contributed by atoms with Crippen LogP contribution in [-0.4, -0.2) is 14.5 Å². The molecule has 5 heteroatoms. The number of benzene rings is 1. The molecule has 4 nitrogen and oxygen atoms in total. The summed E-state index contributed by atoms with van der Waals surface area (Å²) in [6, 6.07) is 8.25. The molecule has 0 saturated heterocycles. The monoisotopic (exact) mass is 300 g/mol. The molecule has 0 radical (unpaired) electrons. The summed E-state index contributed by atoms with van der Waals surface area (Å²) < 4.78 is 2.30. The van der Waals surface area contributed by atoms with Gasteiger partial charge in [-0.05, 0) is 25.5 Å². The van der Waals surface area contributed by atoms with E-state index in [1.54, 1.807) is 11.3 Å². The van der Waals surface area contributed by atoms with E-state index in [4.69, 9.17) is 10.7 Å². The summed E-state index contributed by atoms with van der Waals surface area (Å²) in [5.74, 6) is 1.07. The van der Waals surface area contributed by atoms with E-state index in [1.165, 1.54) is 5.52 Å². The maximum absolute atomic E-state index is 6.38. The van der Waals surface area contributed by atoms with Gasteiger partial charge in [-0.15, -0.1) is 11.3 Å². The fraction of sp³-hybridized carbons (Fsp3) is 0.375. The standard InChI is InChI=1S/C16H20N4S/c1-3-8-20-14-7-5-4-6-13(14)19-15(20)9-12(17)16-11(2)18-10-21-16/h4-7,10,12H,3,8-9,17H2,1-2H3. The van der Waals surface area contributed by atoms with Gasteiger partial charge < -0.3 is 10.3 Å². The number of aryl methyl sites for hydroxylation is 2. The molecule has 21 heavy (non-hydrogen) atoms. The molecular formula is C16H20N4S. The first-order valence-corrected chi connectivity index (χ1v) is 8.18. The lowest BCUT2D eigenvalue weighted by atomic mass is 10.1. The molecule has 0 aliphatic carbocycles. The Kier molecular flexibility index (Phi) is 4.03. The van der Waals surface area contributed by atoms with E-state index in [0.29, 0.717) is 0 Å². The van der Waals surface area contributed by atoms with Crippen LogP contribution < -0.4 is 5.73 Å². The van der Waals surface area contributed by atoms with E-state index >= 15 is 0 Å². The highest BCUT2D eigenvalue weighted by Gasteiger charge is 2.17. The third kappa shape index (κ3) is 2.71. The van der Waals surface area contributed by atoms with Gasteiger partial charge >= 0.3 is 0 Å². The number of rotatable bonds is 5. The van der Waals surface area contributed by atoms with Crippen molar-refractivity contribution in [1.29, 1.82) is 0 Å². The first-order valence-electron chi connectivity index (χ1n) is 7.30. The maximum atomic E-state index is 6.38. The lowest BCUT2D eigenvalue weighted by Gasteiger charge is -2.12. The molecule has 2 N–H and O–H groups in total. The number of imidazole rings is 1. The molecule has 3 aromatic rings. The number of aromatic nitrogens is 3. The van der Waals surface area contributed by atoms with Crippen molar-refractivity contribution in [2.24, 2.45) is 5.73 Å². The summed E-state index contributed by atoms with van der Waals surface area (Å²) in [5, 5.41) is 0. The van der Waals surface area contributed by atoms with Crippen molar-refractivity contribution in [3.05, 3.63) is 46.2 Å². The van der Waals surface area contributed by atoms with Gasteiger partial charge in [0, 0.05) is 23.9 Å². The summed E-state index contributed by atoms with van der Waals surface area (Å²) in [6.45, 7) is 5.18. The molecule has 1 unspecified atom stereocenters. The van der Waals surface area contributed by atoms with Crippen molar-refractivity contribution in [1.82, 2.24) is 14.5 Å². The lowest BCUT2D eigenvalue weighted by Crippen LogP contribution is -2.16. The van der Waals surface area contributed by atoms with Gasteiger partial charge in [0.25, 0.3) is 0 Å². The molecule has 110 valence electrons. The van der Waals surface area contributed by atoms with Crippen LogP contribution in [0.5, 0.6) is 0 Å². The Labute approximate surface area is 128 Å². The van der Waals surface area contributed by atoms with Gasteiger partial charge in [-0.2, -0.15) is 0 Å². The zero-order valence-electron chi connectivity index (χ0n) is 12.4. The number of nitrogens with two attached hydrogens (primary N) is 1. The van der Waals surface area contributed by atoms with E-state index in [-0.39, 0.29) is 6.04 Å². The summed E-state index contributed by atoms with van der Waals surface area (Å²) in [4.78, 5) is 10.2. The largest absolute Gasteiger partial charge is 0.328 e. The highest BCUT2D eigenvalue weighted by Crippen LogP contribution is 2.25. The number of thiazole rings is 1. The molecule has 0 saturated carbocycles. The molecule has 0 spiro atoms. The van der Waals surface area contributed by atoms with Gasteiger partial charge in [-0.3, -0.25) is 0 Å². The topological polar surface area (TPSA) is 56.7 Å². The molecule has 1 aromatic carbocycles. The number of hydrogen-bond donors (Lipinski definition) is 1. The third-order valence-electron chi connectivity index (χ3n) is 3.70. The smallest absolute Gasteiger partial charge is 0.111 e. The van der Waals surface area contributed by atoms with Crippen LogP contribution in [0.15, 0.2) is 29.8 Å². The minimum atomic E-state index is -0.0371. The summed E-state index contributed by atoms with van der Waals surface area (Å²) >= 11 is 1.63. The average molecular weight is 300 g/mol. The fourth-order valence-corrected chi connectivity index (χ4v) is 3.52. The van der Waals surface area contributed by atoms with Crippen LogP contribution >= 0.6 is 11.3 Å². The second kappa shape index (κ2) is 5.95. The minimum Gasteiger partial charge on any atom is -0.328 e. The molecule has 1 atom stereocenters. The Morgan fingerprint density at radius 3 is 2.86 bits per heavy atom. The van der Waals surface area contributed by atoms with E-state index in [2.05, 4.69) is 34.7 Å². The predicted octanol–water partition coefficient (Wildman–Crippen LogP) is 3.45. The quantitative estimate of drug-likeness (QED) is 0.785. The maximum Gasteiger partial charge on any atom is 0.111 e. The van der Waals surface area contributed by atoms with Crippen LogP contribution in [0.3, 0.4) is 0 Å². The van der Waals surface area contributed by atoms with Gasteiger partial charge in [0.1, 0.15) is 5.82 Å². The molecule has 0 bridgehead atoms. The Hall–Kier alpha value is -1.72. The van der Waals surface area contributed by atoms with Crippen LogP contribution in [-0.2, 0) is 13.0 Å². The van der Waals surface area contributed by atoms with Crippen molar-refractivity contribution in [3.63, 3.8) is 0 Å². The number of fused-ring (bicyclic) bond motifs is 1. The second-order valence-electron chi connectivity index (χ2n) is 5.28. The fourth-order valence-electron chi connectivity index (χ4n) is 2.71. The van der Waals surface area contributed by atoms with E-state index < -0.39 is 0 Å². The van der Waals surface area contributed by atoms with Crippen molar-refractivity contribution < 1.29 is 0 Å². The molecule has 2 heterocycles. The SMILES string of the molecule is CCCn1c(CC(N)c2scnc2C)nc2ccccc21. The van der Waals surface area contributed by atoms with Crippen molar-refractivity contribution in [3.8, 4) is 0 Å². The van der Waals surface area contributed by atoms with Crippen LogP contribution in [0.25, 0.3) is 11.0 Å². The van der Waals surface area contributed by atoms with Crippen LogP contribution in [0.2, 0.25) is 0 Å². The number of para-hydroxylation sites is 2. The van der Waals surface area contributed by atoms with Gasteiger partial charge in [-0.1, -0.05) is 19.1 Å². The Morgan fingerprint density at radius 1 is 1.33 bits per heavy atom. The van der Waals surface area contributed by atoms with E-state index in [0.717, 1.165) is 41.3 Å². The molecule has 2 aromatic heterocycles. The number of hydrogen-bond acceptors (Lipinski definition) is 4. The Morgan fingerprint density at radius 2 is 2.14 bits per heavy atom. The first-order chi connectivity index (χ1) is 10.2. The average Bonchev–Trinajstić information content (AvgIpc) is 3.04. The zero-order chi connectivity index (χ0) is 14.8. The number of nitrogens with zero attached hydrogens (tertiary/aromatic N) is 3. The minimum absolute atomic E-state index is 0.0371. The van der Waals surface area contributed by atoms with Gasteiger partial charge in [0.05, 0.1) is 22.2 Å². The first kappa shape index (κ1) is 14.2. The van der Waals surface area contributed by atoms with Crippen LogP contribution in [0, 0.1) is 6.92 Å². The third-order valence-corrected chi connectivity index (χ3v) is 4.77. The molecule has 0 aliphatic heterocycles. The molecule has 3 rings (SSSR count). The van der Waals surface area contributed by atoms with Gasteiger partial charge in [0.2, 0.25) is 0 Å². The molecule has 0 fully saturated rings. The van der Waals surface area contributed by atoms with Crippen LogP contribution in [0.4, 0.5) is 0 Å². The summed E-state index contributed by atoms with van der Waals surface area (Å²) in [7, 11) is 0. The zero-order valence-corrected chi connectivity index (χ0v) is 13.2. The predicted molar refractivity (Wildman–Crippen MR) is 87.5 cm³/mol. The van der Waals surface area contributed by atoms with E-state index in [9.17, 15) is 0 Å². The molecule has 0 amide bonds. The lowest BCUT2D eigenvalue weighted by molar-refractivity contribution is 0.612. The van der Waals surface area contributed by atoms with Gasteiger partial charge in [0.15, 0.2) is 0 Å². The molecule has 0 aliphatic rings. The summed E-state index contributed by atoms with van der Waals surface area (Å²) in [6.07, 6.45) is 1.83. The highest BCUT2D eigenvalue weighted by atomic mass is 32.1.